The number of Topliss-reactive ketones (excluding diaryl/α,β-unsaturated/α-hetero) is 2. The van der Waals surface area contributed by atoms with E-state index in [9.17, 15) is 14.5 Å². The third kappa shape index (κ3) is 2.50. The number of carbonyl (C=O) groups excluding carboxylic acids is 2. The van der Waals surface area contributed by atoms with E-state index in [1.54, 1.807) is 12.1 Å². The number of nitroso groups, excluding NO2 is 1. The highest BCUT2D eigenvalue weighted by Crippen LogP contribution is 2.14. The van der Waals surface area contributed by atoms with E-state index < -0.39 is 17.6 Å². The van der Waals surface area contributed by atoms with Crippen LogP contribution in [0.3, 0.4) is 0 Å². The van der Waals surface area contributed by atoms with Crippen LogP contribution in [0, 0.1) is 4.91 Å². The lowest BCUT2D eigenvalue weighted by Gasteiger charge is -2.05. The lowest BCUT2D eigenvalue weighted by Crippen LogP contribution is -2.25. The van der Waals surface area contributed by atoms with E-state index in [0.29, 0.717) is 5.75 Å². The van der Waals surface area contributed by atoms with Crippen LogP contribution in [0.1, 0.15) is 17.3 Å². The van der Waals surface area contributed by atoms with Crippen molar-refractivity contribution in [1.29, 1.82) is 0 Å². The molecule has 0 aliphatic rings. The average molecular weight is 221 g/mol. The van der Waals surface area contributed by atoms with Crippen LogP contribution in [0.5, 0.6) is 5.75 Å². The molecule has 0 N–H and O–H groups in total. The summed E-state index contributed by atoms with van der Waals surface area (Å²) in [4.78, 5) is 33.0. The van der Waals surface area contributed by atoms with Crippen LogP contribution in [-0.2, 0) is 4.79 Å². The summed E-state index contributed by atoms with van der Waals surface area (Å²) in [7, 11) is 1.50. The van der Waals surface area contributed by atoms with Crippen molar-refractivity contribution in [2.75, 3.05) is 7.11 Å². The number of rotatable bonds is 5. The monoisotopic (exact) mass is 221 g/mol. The van der Waals surface area contributed by atoms with Gasteiger partial charge in [-0.25, -0.2) is 0 Å². The van der Waals surface area contributed by atoms with Crippen LogP contribution >= 0.6 is 0 Å². The molecule has 1 unspecified atom stereocenters. The Morgan fingerprint density at radius 2 is 1.81 bits per heavy atom. The van der Waals surface area contributed by atoms with Gasteiger partial charge in [-0.2, -0.15) is 0 Å². The molecule has 1 atom stereocenters. The molecule has 1 aromatic carbocycles. The number of hydrogen-bond acceptors (Lipinski definition) is 5. The first-order chi connectivity index (χ1) is 7.60. The quantitative estimate of drug-likeness (QED) is 0.430. The second kappa shape index (κ2) is 5.16. The fourth-order valence-electron chi connectivity index (χ4n) is 1.22. The first-order valence-electron chi connectivity index (χ1n) is 4.61. The molecule has 0 heterocycles. The fourth-order valence-corrected chi connectivity index (χ4v) is 1.22. The standard InChI is InChI=1S/C11H11NO4/c1-7(13)10(12-15)11(14)8-3-5-9(16-2)6-4-8/h3-6,10H,1-2H3. The summed E-state index contributed by atoms with van der Waals surface area (Å²) in [6, 6.07) is 4.68. The van der Waals surface area contributed by atoms with E-state index in [1.807, 2.05) is 0 Å². The van der Waals surface area contributed by atoms with Gasteiger partial charge in [-0.3, -0.25) is 9.59 Å². The Morgan fingerprint density at radius 1 is 1.25 bits per heavy atom. The number of methoxy groups -OCH3 is 1. The van der Waals surface area contributed by atoms with Gasteiger partial charge in [0.15, 0.2) is 11.6 Å². The smallest absolute Gasteiger partial charge is 0.212 e. The molecule has 0 amide bonds. The summed E-state index contributed by atoms with van der Waals surface area (Å²) in [6.45, 7) is 1.16. The van der Waals surface area contributed by atoms with E-state index in [0.717, 1.165) is 6.92 Å². The van der Waals surface area contributed by atoms with Gasteiger partial charge in [-0.1, -0.05) is 5.18 Å². The van der Waals surface area contributed by atoms with Crippen molar-refractivity contribution in [2.24, 2.45) is 5.18 Å². The Bertz CT molecular complexity index is 410. The van der Waals surface area contributed by atoms with Crippen LogP contribution in [0.2, 0.25) is 0 Å². The summed E-state index contributed by atoms with van der Waals surface area (Å²) in [5.74, 6) is -0.559. The minimum absolute atomic E-state index is 0.264. The Morgan fingerprint density at radius 3 is 2.19 bits per heavy atom. The van der Waals surface area contributed by atoms with Gasteiger partial charge in [0.1, 0.15) is 5.75 Å². The minimum Gasteiger partial charge on any atom is -0.497 e. The zero-order chi connectivity index (χ0) is 12.1. The normalized spacial score (nSPS) is 11.6. The Hall–Kier alpha value is -2.04. The molecule has 0 saturated heterocycles. The lowest BCUT2D eigenvalue weighted by atomic mass is 10.0. The largest absolute Gasteiger partial charge is 0.497 e. The molecule has 0 aliphatic carbocycles. The van der Waals surface area contributed by atoms with Gasteiger partial charge in [0, 0.05) is 5.56 Å². The maximum absolute atomic E-state index is 11.7. The van der Waals surface area contributed by atoms with E-state index in [-0.39, 0.29) is 5.56 Å². The number of carbonyl (C=O) groups is 2. The lowest BCUT2D eigenvalue weighted by molar-refractivity contribution is -0.117. The van der Waals surface area contributed by atoms with Gasteiger partial charge in [-0.05, 0) is 31.2 Å². The average Bonchev–Trinajstić information content (AvgIpc) is 2.29. The summed E-state index contributed by atoms with van der Waals surface area (Å²) >= 11 is 0. The van der Waals surface area contributed by atoms with Gasteiger partial charge < -0.3 is 4.74 Å². The number of benzene rings is 1. The van der Waals surface area contributed by atoms with E-state index in [4.69, 9.17) is 4.74 Å². The van der Waals surface area contributed by atoms with Crippen molar-refractivity contribution in [3.63, 3.8) is 0 Å². The number of ether oxygens (including phenoxy) is 1. The molecule has 0 aromatic heterocycles. The van der Waals surface area contributed by atoms with Crippen molar-refractivity contribution in [1.82, 2.24) is 0 Å². The third-order valence-electron chi connectivity index (χ3n) is 2.11. The predicted octanol–water partition coefficient (Wildman–Crippen LogP) is 1.60. The Balaban J connectivity index is 2.95. The van der Waals surface area contributed by atoms with Crippen LogP contribution in [0.15, 0.2) is 29.4 Å². The van der Waals surface area contributed by atoms with Crippen molar-refractivity contribution in [3.05, 3.63) is 34.7 Å². The van der Waals surface area contributed by atoms with E-state index in [1.165, 1.54) is 19.2 Å². The maximum Gasteiger partial charge on any atom is 0.212 e. The second-order valence-electron chi connectivity index (χ2n) is 3.21. The molecule has 16 heavy (non-hydrogen) atoms. The summed E-state index contributed by atoms with van der Waals surface area (Å²) in [6.07, 6.45) is 0. The van der Waals surface area contributed by atoms with E-state index >= 15 is 0 Å². The molecule has 0 radical (unpaired) electrons. The SMILES string of the molecule is COc1ccc(C(=O)C(N=O)C(C)=O)cc1. The van der Waals surface area contributed by atoms with Crippen molar-refractivity contribution < 1.29 is 14.3 Å². The Labute approximate surface area is 92.4 Å². The molecule has 1 aromatic rings. The molecule has 0 fully saturated rings. The summed E-state index contributed by atoms with van der Waals surface area (Å²) < 4.78 is 4.92. The topological polar surface area (TPSA) is 72.8 Å². The zero-order valence-corrected chi connectivity index (χ0v) is 8.97. The fraction of sp³-hybridized carbons (Fsp3) is 0.273. The molecular weight excluding hydrogens is 210 g/mol. The number of ketones is 2. The third-order valence-corrected chi connectivity index (χ3v) is 2.11. The number of nitrogens with zero attached hydrogens (tertiary/aromatic N) is 1. The highest BCUT2D eigenvalue weighted by molar-refractivity contribution is 6.13. The molecule has 0 aliphatic heterocycles. The van der Waals surface area contributed by atoms with Crippen LogP contribution in [-0.4, -0.2) is 24.7 Å². The summed E-state index contributed by atoms with van der Waals surface area (Å²) in [5, 5.41) is 2.53. The van der Waals surface area contributed by atoms with Gasteiger partial charge >= 0.3 is 0 Å². The van der Waals surface area contributed by atoms with Gasteiger partial charge in [0.05, 0.1) is 7.11 Å². The minimum atomic E-state index is -1.45. The van der Waals surface area contributed by atoms with Gasteiger partial charge in [0.25, 0.3) is 0 Å². The maximum atomic E-state index is 11.7. The predicted molar refractivity (Wildman–Crippen MR) is 57.6 cm³/mol. The Kier molecular flexibility index (Phi) is 3.88. The van der Waals surface area contributed by atoms with Crippen LogP contribution in [0.4, 0.5) is 0 Å². The van der Waals surface area contributed by atoms with Crippen LogP contribution in [0.25, 0.3) is 0 Å². The van der Waals surface area contributed by atoms with Crippen molar-refractivity contribution in [2.45, 2.75) is 13.0 Å². The van der Waals surface area contributed by atoms with Crippen molar-refractivity contribution >= 4 is 11.6 Å². The van der Waals surface area contributed by atoms with E-state index in [2.05, 4.69) is 5.18 Å². The molecule has 1 rings (SSSR count). The highest BCUT2D eigenvalue weighted by atomic mass is 16.5. The van der Waals surface area contributed by atoms with Crippen LogP contribution < -0.4 is 4.74 Å². The summed E-state index contributed by atoms with van der Waals surface area (Å²) in [5.41, 5.74) is 0.264. The number of hydrogen-bond donors (Lipinski definition) is 0. The van der Waals surface area contributed by atoms with Gasteiger partial charge in [0.2, 0.25) is 6.04 Å². The molecule has 0 bridgehead atoms. The van der Waals surface area contributed by atoms with Crippen molar-refractivity contribution in [3.8, 4) is 5.75 Å². The zero-order valence-electron chi connectivity index (χ0n) is 8.97. The second-order valence-corrected chi connectivity index (χ2v) is 3.21. The molecule has 0 spiro atoms. The first-order valence-corrected chi connectivity index (χ1v) is 4.61. The molecule has 84 valence electrons. The highest BCUT2D eigenvalue weighted by Gasteiger charge is 2.25. The molecule has 0 saturated carbocycles. The van der Waals surface area contributed by atoms with Gasteiger partial charge in [-0.15, -0.1) is 4.91 Å². The molecular formula is C11H11NO4. The molecule has 5 nitrogen and oxygen atoms in total. The molecule has 5 heteroatoms. The first kappa shape index (κ1) is 12.0.